The summed E-state index contributed by atoms with van der Waals surface area (Å²) < 4.78 is 5.03. The van der Waals surface area contributed by atoms with Gasteiger partial charge in [0.15, 0.2) is 6.61 Å². The predicted octanol–water partition coefficient (Wildman–Crippen LogP) is 3.39. The SMILES string of the molecule is Cc1ccc(SCCC(=O)OCC(=O)NC2CCCC2)cc1C. The van der Waals surface area contributed by atoms with E-state index in [2.05, 4.69) is 37.4 Å². The van der Waals surface area contributed by atoms with E-state index in [1.807, 2.05) is 0 Å². The van der Waals surface area contributed by atoms with E-state index in [0.717, 1.165) is 17.7 Å². The van der Waals surface area contributed by atoms with Gasteiger partial charge in [0.25, 0.3) is 5.91 Å². The van der Waals surface area contributed by atoms with E-state index < -0.39 is 0 Å². The van der Waals surface area contributed by atoms with Crippen molar-refractivity contribution in [3.8, 4) is 0 Å². The maximum atomic E-state index is 11.7. The smallest absolute Gasteiger partial charge is 0.307 e. The monoisotopic (exact) mass is 335 g/mol. The van der Waals surface area contributed by atoms with Gasteiger partial charge in [-0.1, -0.05) is 18.9 Å². The minimum Gasteiger partial charge on any atom is -0.456 e. The van der Waals surface area contributed by atoms with Gasteiger partial charge in [-0.3, -0.25) is 9.59 Å². The Hall–Kier alpha value is -1.49. The molecule has 0 heterocycles. The number of ether oxygens (including phenoxy) is 1. The van der Waals surface area contributed by atoms with E-state index in [1.165, 1.54) is 24.0 Å². The third-order valence-electron chi connectivity index (χ3n) is 4.14. The average molecular weight is 335 g/mol. The molecular weight excluding hydrogens is 310 g/mol. The zero-order chi connectivity index (χ0) is 16.7. The molecule has 0 unspecified atom stereocenters. The lowest BCUT2D eigenvalue weighted by atomic mass is 10.1. The molecule has 5 heteroatoms. The van der Waals surface area contributed by atoms with Gasteiger partial charge in [0.05, 0.1) is 6.42 Å². The van der Waals surface area contributed by atoms with Crippen LogP contribution >= 0.6 is 11.8 Å². The fraction of sp³-hybridized carbons (Fsp3) is 0.556. The molecule has 126 valence electrons. The highest BCUT2D eigenvalue weighted by atomic mass is 32.2. The van der Waals surface area contributed by atoms with E-state index >= 15 is 0 Å². The molecule has 1 aliphatic carbocycles. The highest BCUT2D eigenvalue weighted by Crippen LogP contribution is 2.21. The summed E-state index contributed by atoms with van der Waals surface area (Å²) in [5, 5.41) is 2.91. The van der Waals surface area contributed by atoms with Crippen LogP contribution in [0.5, 0.6) is 0 Å². The first-order valence-corrected chi connectivity index (χ1v) is 9.18. The van der Waals surface area contributed by atoms with Crippen LogP contribution in [-0.4, -0.2) is 30.3 Å². The number of carbonyl (C=O) groups excluding carboxylic acids is 2. The Morgan fingerprint density at radius 2 is 1.96 bits per heavy atom. The first kappa shape index (κ1) is 17.9. The highest BCUT2D eigenvalue weighted by molar-refractivity contribution is 7.99. The molecule has 2 rings (SSSR count). The summed E-state index contributed by atoms with van der Waals surface area (Å²) in [5.41, 5.74) is 2.52. The molecule has 0 radical (unpaired) electrons. The number of carbonyl (C=O) groups is 2. The summed E-state index contributed by atoms with van der Waals surface area (Å²) in [7, 11) is 0. The van der Waals surface area contributed by atoms with Gasteiger partial charge in [0, 0.05) is 16.7 Å². The van der Waals surface area contributed by atoms with E-state index in [-0.39, 0.29) is 24.5 Å². The van der Waals surface area contributed by atoms with Crippen LogP contribution in [0.2, 0.25) is 0 Å². The van der Waals surface area contributed by atoms with Crippen LogP contribution in [-0.2, 0) is 14.3 Å². The fourth-order valence-electron chi connectivity index (χ4n) is 2.61. The lowest BCUT2D eigenvalue weighted by Crippen LogP contribution is -2.35. The molecule has 4 nitrogen and oxygen atoms in total. The van der Waals surface area contributed by atoms with Crippen molar-refractivity contribution in [1.82, 2.24) is 5.32 Å². The molecule has 1 saturated carbocycles. The second kappa shape index (κ2) is 8.96. The Morgan fingerprint density at radius 3 is 2.65 bits per heavy atom. The minimum atomic E-state index is -0.317. The van der Waals surface area contributed by atoms with Crippen molar-refractivity contribution in [3.63, 3.8) is 0 Å². The summed E-state index contributed by atoms with van der Waals surface area (Å²) in [4.78, 5) is 24.5. The molecule has 0 spiro atoms. The topological polar surface area (TPSA) is 55.4 Å². The number of amides is 1. The molecule has 1 N–H and O–H groups in total. The summed E-state index contributed by atoms with van der Waals surface area (Å²) in [5.74, 6) is 0.154. The molecule has 0 aliphatic heterocycles. The van der Waals surface area contributed by atoms with Crippen molar-refractivity contribution in [3.05, 3.63) is 29.3 Å². The van der Waals surface area contributed by atoms with Crippen molar-refractivity contribution in [2.24, 2.45) is 0 Å². The first-order valence-electron chi connectivity index (χ1n) is 8.19. The lowest BCUT2D eigenvalue weighted by Gasteiger charge is -2.11. The van der Waals surface area contributed by atoms with Gasteiger partial charge in [-0.05, 0) is 49.9 Å². The molecule has 1 aromatic carbocycles. The van der Waals surface area contributed by atoms with Crippen LogP contribution < -0.4 is 5.32 Å². The summed E-state index contributed by atoms with van der Waals surface area (Å²) >= 11 is 1.63. The van der Waals surface area contributed by atoms with Crippen molar-refractivity contribution < 1.29 is 14.3 Å². The normalized spacial score (nSPS) is 14.7. The van der Waals surface area contributed by atoms with Gasteiger partial charge in [-0.15, -0.1) is 11.8 Å². The van der Waals surface area contributed by atoms with Gasteiger partial charge in [0.1, 0.15) is 0 Å². The maximum Gasteiger partial charge on any atom is 0.307 e. The van der Waals surface area contributed by atoms with Crippen LogP contribution in [0.3, 0.4) is 0 Å². The molecule has 0 saturated heterocycles. The second-order valence-electron chi connectivity index (χ2n) is 6.05. The third-order valence-corrected chi connectivity index (χ3v) is 5.13. The Balaban J connectivity index is 1.60. The summed E-state index contributed by atoms with van der Waals surface area (Å²) in [6, 6.07) is 6.54. The van der Waals surface area contributed by atoms with Gasteiger partial charge in [0.2, 0.25) is 0 Å². The number of benzene rings is 1. The largest absolute Gasteiger partial charge is 0.456 e. The zero-order valence-corrected chi connectivity index (χ0v) is 14.7. The third kappa shape index (κ3) is 6.26. The minimum absolute atomic E-state index is 0.163. The summed E-state index contributed by atoms with van der Waals surface area (Å²) in [6.45, 7) is 4.00. The Labute approximate surface area is 142 Å². The Morgan fingerprint density at radius 1 is 1.22 bits per heavy atom. The van der Waals surface area contributed by atoms with Crippen LogP contribution in [0, 0.1) is 13.8 Å². The predicted molar refractivity (Wildman–Crippen MR) is 92.6 cm³/mol. The van der Waals surface area contributed by atoms with Crippen molar-refractivity contribution in [2.75, 3.05) is 12.4 Å². The number of hydrogen-bond acceptors (Lipinski definition) is 4. The lowest BCUT2D eigenvalue weighted by molar-refractivity contribution is -0.148. The van der Waals surface area contributed by atoms with Crippen LogP contribution in [0.1, 0.15) is 43.2 Å². The van der Waals surface area contributed by atoms with E-state index in [9.17, 15) is 9.59 Å². The van der Waals surface area contributed by atoms with E-state index in [4.69, 9.17) is 4.74 Å². The number of rotatable bonds is 7. The molecule has 0 bridgehead atoms. The van der Waals surface area contributed by atoms with Gasteiger partial charge in [-0.2, -0.15) is 0 Å². The molecule has 1 amide bonds. The quantitative estimate of drug-likeness (QED) is 0.613. The van der Waals surface area contributed by atoms with Gasteiger partial charge < -0.3 is 10.1 Å². The molecule has 1 fully saturated rings. The van der Waals surface area contributed by atoms with Crippen LogP contribution in [0.25, 0.3) is 0 Å². The first-order chi connectivity index (χ1) is 11.0. The molecule has 1 aliphatic rings. The van der Waals surface area contributed by atoms with E-state index in [0.29, 0.717) is 12.2 Å². The van der Waals surface area contributed by atoms with Gasteiger partial charge in [-0.25, -0.2) is 0 Å². The number of nitrogens with one attached hydrogen (secondary N) is 1. The van der Waals surface area contributed by atoms with E-state index in [1.54, 1.807) is 11.8 Å². The molecular formula is C18H25NO3S. The Bertz CT molecular complexity index is 553. The second-order valence-corrected chi connectivity index (χ2v) is 7.22. The maximum absolute atomic E-state index is 11.7. The average Bonchev–Trinajstić information content (AvgIpc) is 3.02. The number of thioether (sulfide) groups is 1. The van der Waals surface area contributed by atoms with Gasteiger partial charge >= 0.3 is 5.97 Å². The fourth-order valence-corrected chi connectivity index (χ4v) is 3.54. The highest BCUT2D eigenvalue weighted by Gasteiger charge is 2.17. The molecule has 23 heavy (non-hydrogen) atoms. The molecule has 0 aromatic heterocycles. The standard InChI is InChI=1S/C18H25NO3S/c1-13-7-8-16(11-14(13)2)23-10-9-18(21)22-12-17(20)19-15-5-3-4-6-15/h7-8,11,15H,3-6,9-10,12H2,1-2H3,(H,19,20). The van der Waals surface area contributed by atoms with Crippen molar-refractivity contribution in [1.29, 1.82) is 0 Å². The Kier molecular flexibility index (Phi) is 6.96. The number of esters is 1. The van der Waals surface area contributed by atoms with Crippen LogP contribution in [0.15, 0.2) is 23.1 Å². The number of hydrogen-bond donors (Lipinski definition) is 1. The molecule has 0 atom stereocenters. The van der Waals surface area contributed by atoms with Crippen molar-refractivity contribution >= 4 is 23.6 Å². The summed E-state index contributed by atoms with van der Waals surface area (Å²) in [6.07, 6.45) is 4.72. The molecule has 1 aromatic rings. The number of aryl methyl sites for hydroxylation is 2. The van der Waals surface area contributed by atoms with Crippen LogP contribution in [0.4, 0.5) is 0 Å². The zero-order valence-electron chi connectivity index (χ0n) is 13.9. The van der Waals surface area contributed by atoms with Crippen molar-refractivity contribution in [2.45, 2.75) is 56.9 Å².